The third kappa shape index (κ3) is 5.45. The molecule has 0 atom stereocenters. The monoisotopic (exact) mass is 427 g/mol. The zero-order chi connectivity index (χ0) is 18.4. The Bertz CT molecular complexity index is 806. The molecule has 0 aromatic heterocycles. The average Bonchev–Trinajstić information content (AvgIpc) is 2.61. The van der Waals surface area contributed by atoms with Crippen LogP contribution >= 0.6 is 15.9 Å². The van der Waals surface area contributed by atoms with Crippen molar-refractivity contribution in [3.8, 4) is 11.5 Å². The quantitative estimate of drug-likeness (QED) is 0.646. The highest BCUT2D eigenvalue weighted by atomic mass is 79.9. The van der Waals surface area contributed by atoms with Crippen LogP contribution in [0.5, 0.6) is 11.5 Å². The molecule has 0 fully saturated rings. The van der Waals surface area contributed by atoms with E-state index in [9.17, 15) is 8.42 Å². The molecule has 0 unspecified atom stereocenters. The van der Waals surface area contributed by atoms with E-state index in [1.807, 2.05) is 30.1 Å². The minimum absolute atomic E-state index is 0.0591. The van der Waals surface area contributed by atoms with Crippen molar-refractivity contribution in [1.82, 2.24) is 4.90 Å². The lowest BCUT2D eigenvalue weighted by Crippen LogP contribution is -2.25. The number of nitrogens with zero attached hydrogens (tertiary/aromatic N) is 1. The molecule has 2 rings (SSSR count). The number of hydrogen-bond donors (Lipinski definition) is 0. The van der Waals surface area contributed by atoms with Gasteiger partial charge >= 0.3 is 0 Å². The van der Waals surface area contributed by atoms with Gasteiger partial charge in [-0.2, -0.15) is 0 Å². The lowest BCUT2D eigenvalue weighted by Gasteiger charge is -2.19. The van der Waals surface area contributed by atoms with Crippen LogP contribution in [0.2, 0.25) is 0 Å². The predicted octanol–water partition coefficient (Wildman–Crippen LogP) is 3.37. The van der Waals surface area contributed by atoms with Crippen LogP contribution in [0.25, 0.3) is 0 Å². The van der Waals surface area contributed by atoms with Gasteiger partial charge in [-0.1, -0.05) is 22.0 Å². The van der Waals surface area contributed by atoms with Gasteiger partial charge in [0.2, 0.25) is 0 Å². The van der Waals surface area contributed by atoms with Gasteiger partial charge in [0.25, 0.3) is 0 Å². The van der Waals surface area contributed by atoms with Gasteiger partial charge < -0.3 is 14.4 Å². The molecule has 0 aliphatic carbocycles. The van der Waals surface area contributed by atoms with E-state index in [0.717, 1.165) is 21.5 Å². The van der Waals surface area contributed by atoms with Crippen LogP contribution in [-0.4, -0.2) is 46.9 Å². The summed E-state index contributed by atoms with van der Waals surface area (Å²) < 4.78 is 36.3. The molecule has 0 saturated carbocycles. The van der Waals surface area contributed by atoms with E-state index in [2.05, 4.69) is 15.9 Å². The van der Waals surface area contributed by atoms with Gasteiger partial charge in [0.1, 0.15) is 11.5 Å². The Hall–Kier alpha value is -1.57. The zero-order valence-electron chi connectivity index (χ0n) is 14.5. The van der Waals surface area contributed by atoms with Crippen LogP contribution in [0.15, 0.2) is 51.8 Å². The van der Waals surface area contributed by atoms with E-state index < -0.39 is 9.84 Å². The summed E-state index contributed by atoms with van der Waals surface area (Å²) in [5.74, 6) is 1.51. The summed E-state index contributed by atoms with van der Waals surface area (Å²) in [6, 6.07) is 12.3. The fourth-order valence-electron chi connectivity index (χ4n) is 2.39. The van der Waals surface area contributed by atoms with Crippen molar-refractivity contribution in [1.29, 1.82) is 0 Å². The van der Waals surface area contributed by atoms with E-state index >= 15 is 0 Å². The minimum Gasteiger partial charge on any atom is -0.497 e. The number of sulfone groups is 1. The van der Waals surface area contributed by atoms with Gasteiger partial charge in [0.15, 0.2) is 9.84 Å². The molecule has 2 aromatic carbocycles. The third-order valence-corrected chi connectivity index (χ3v) is 6.09. The Kier molecular flexibility index (Phi) is 6.87. The molecular weight excluding hydrogens is 406 g/mol. The predicted molar refractivity (Wildman–Crippen MR) is 102 cm³/mol. The van der Waals surface area contributed by atoms with Crippen LogP contribution in [0.3, 0.4) is 0 Å². The molecule has 0 N–H and O–H groups in total. The van der Waals surface area contributed by atoms with Gasteiger partial charge in [-0.05, 0) is 37.4 Å². The van der Waals surface area contributed by atoms with Crippen molar-refractivity contribution < 1.29 is 17.9 Å². The first kappa shape index (κ1) is 19.8. The third-order valence-electron chi connectivity index (χ3n) is 3.85. The highest BCUT2D eigenvalue weighted by Gasteiger charge is 2.16. The number of halogens is 1. The number of methoxy groups -OCH3 is 2. The topological polar surface area (TPSA) is 55.8 Å². The Morgan fingerprint density at radius 3 is 2.32 bits per heavy atom. The second-order valence-corrected chi connectivity index (χ2v) is 8.71. The largest absolute Gasteiger partial charge is 0.497 e. The summed E-state index contributed by atoms with van der Waals surface area (Å²) >= 11 is 3.31. The zero-order valence-corrected chi connectivity index (χ0v) is 16.9. The molecule has 0 spiro atoms. The van der Waals surface area contributed by atoms with Crippen LogP contribution < -0.4 is 9.47 Å². The lowest BCUT2D eigenvalue weighted by molar-refractivity contribution is 0.332. The van der Waals surface area contributed by atoms with Crippen LogP contribution in [0, 0.1) is 0 Å². The molecule has 7 heteroatoms. The van der Waals surface area contributed by atoms with Crippen molar-refractivity contribution in [2.24, 2.45) is 0 Å². The minimum atomic E-state index is -3.30. The Morgan fingerprint density at radius 1 is 1.04 bits per heavy atom. The molecule has 0 bridgehead atoms. The van der Waals surface area contributed by atoms with Crippen molar-refractivity contribution in [3.63, 3.8) is 0 Å². The molecular formula is C18H22BrNO4S. The fourth-order valence-corrected chi connectivity index (χ4v) is 3.99. The van der Waals surface area contributed by atoms with Crippen LogP contribution in [0.4, 0.5) is 0 Å². The molecule has 0 aliphatic rings. The standard InChI is InChI=1S/C18H22BrNO4S/c1-20(13-14-4-7-16(23-2)12-18(14)24-3)10-11-25(21,22)17-8-5-15(19)6-9-17/h4-9,12H,10-11,13H2,1-3H3. The van der Waals surface area contributed by atoms with Crippen LogP contribution in [0.1, 0.15) is 5.56 Å². The summed E-state index contributed by atoms with van der Waals surface area (Å²) in [7, 11) is 1.80. The first-order valence-corrected chi connectivity index (χ1v) is 10.2. The molecule has 0 heterocycles. The molecule has 5 nitrogen and oxygen atoms in total. The van der Waals surface area contributed by atoms with Crippen molar-refractivity contribution in [2.45, 2.75) is 11.4 Å². The Labute approximate surface area is 157 Å². The number of hydrogen-bond acceptors (Lipinski definition) is 5. The van der Waals surface area contributed by atoms with Gasteiger partial charge in [0, 0.05) is 29.2 Å². The maximum atomic E-state index is 12.4. The summed E-state index contributed by atoms with van der Waals surface area (Å²) in [6.07, 6.45) is 0. The fraction of sp³-hybridized carbons (Fsp3) is 0.333. The van der Waals surface area contributed by atoms with Crippen molar-refractivity contribution in [2.75, 3.05) is 33.6 Å². The summed E-state index contributed by atoms with van der Waals surface area (Å²) in [5, 5.41) is 0. The van der Waals surface area contributed by atoms with E-state index in [0.29, 0.717) is 18.0 Å². The number of benzene rings is 2. The van der Waals surface area contributed by atoms with Gasteiger partial charge in [-0.3, -0.25) is 0 Å². The highest BCUT2D eigenvalue weighted by molar-refractivity contribution is 9.10. The molecule has 0 radical (unpaired) electrons. The molecule has 0 saturated heterocycles. The number of ether oxygens (including phenoxy) is 2. The van der Waals surface area contributed by atoms with Gasteiger partial charge in [-0.25, -0.2) is 8.42 Å². The average molecular weight is 428 g/mol. The first-order valence-electron chi connectivity index (χ1n) is 7.73. The van der Waals surface area contributed by atoms with Crippen molar-refractivity contribution >= 4 is 25.8 Å². The van der Waals surface area contributed by atoms with E-state index in [1.54, 1.807) is 38.5 Å². The lowest BCUT2D eigenvalue weighted by atomic mass is 10.2. The summed E-state index contributed by atoms with van der Waals surface area (Å²) in [4.78, 5) is 2.30. The molecule has 136 valence electrons. The van der Waals surface area contributed by atoms with Crippen LogP contribution in [-0.2, 0) is 16.4 Å². The van der Waals surface area contributed by atoms with E-state index in [4.69, 9.17) is 9.47 Å². The van der Waals surface area contributed by atoms with E-state index in [-0.39, 0.29) is 5.75 Å². The Balaban J connectivity index is 2.01. The Morgan fingerprint density at radius 2 is 1.72 bits per heavy atom. The smallest absolute Gasteiger partial charge is 0.179 e. The van der Waals surface area contributed by atoms with Crippen molar-refractivity contribution in [3.05, 3.63) is 52.5 Å². The summed E-state index contributed by atoms with van der Waals surface area (Å²) in [5.41, 5.74) is 0.979. The van der Waals surface area contributed by atoms with Gasteiger partial charge in [0.05, 0.1) is 24.9 Å². The number of rotatable bonds is 8. The van der Waals surface area contributed by atoms with E-state index in [1.165, 1.54) is 0 Å². The first-order chi connectivity index (χ1) is 11.9. The highest BCUT2D eigenvalue weighted by Crippen LogP contribution is 2.25. The molecule has 25 heavy (non-hydrogen) atoms. The maximum Gasteiger partial charge on any atom is 0.179 e. The molecule has 2 aromatic rings. The SMILES string of the molecule is COc1ccc(CN(C)CCS(=O)(=O)c2ccc(Br)cc2)c(OC)c1. The normalized spacial score (nSPS) is 11.6. The molecule has 0 aliphatic heterocycles. The van der Waals surface area contributed by atoms with Gasteiger partial charge in [-0.15, -0.1) is 0 Å². The summed E-state index contributed by atoms with van der Waals surface area (Å²) in [6.45, 7) is 1.01. The second kappa shape index (κ2) is 8.69. The second-order valence-electron chi connectivity index (χ2n) is 5.69. The molecule has 0 amide bonds. The maximum absolute atomic E-state index is 12.4.